The van der Waals surface area contributed by atoms with Gasteiger partial charge in [0.2, 0.25) is 0 Å². The third kappa shape index (κ3) is 2.95. The van der Waals surface area contributed by atoms with E-state index in [9.17, 15) is 13.2 Å². The first kappa shape index (κ1) is 13.4. The van der Waals surface area contributed by atoms with Gasteiger partial charge in [-0.1, -0.05) is 13.8 Å². The summed E-state index contributed by atoms with van der Waals surface area (Å²) in [5.41, 5.74) is -1.03. The summed E-state index contributed by atoms with van der Waals surface area (Å²) in [6.45, 7) is 4.60. The van der Waals surface area contributed by atoms with E-state index in [1.54, 1.807) is 0 Å². The van der Waals surface area contributed by atoms with Crippen molar-refractivity contribution >= 4 is 15.8 Å². The van der Waals surface area contributed by atoms with Crippen LogP contribution in [0.15, 0.2) is 0 Å². The Morgan fingerprint density at radius 2 is 2.12 bits per heavy atom. The molecule has 1 saturated heterocycles. The predicted molar refractivity (Wildman–Crippen MR) is 60.9 cm³/mol. The van der Waals surface area contributed by atoms with Crippen LogP contribution in [0.2, 0.25) is 0 Å². The lowest BCUT2D eigenvalue weighted by Crippen LogP contribution is -2.54. The number of carbonyl (C=O) groups excluding carboxylic acids is 1. The summed E-state index contributed by atoms with van der Waals surface area (Å²) in [5, 5.41) is 3.05. The summed E-state index contributed by atoms with van der Waals surface area (Å²) >= 11 is 0. The molecular weight excluding hydrogens is 230 g/mol. The second-order valence-electron chi connectivity index (χ2n) is 4.69. The van der Waals surface area contributed by atoms with Crippen LogP contribution in [0.25, 0.3) is 0 Å². The number of hydrogen-bond acceptors (Lipinski definition) is 5. The zero-order valence-electron chi connectivity index (χ0n) is 9.95. The van der Waals surface area contributed by atoms with E-state index in [1.807, 2.05) is 13.8 Å². The van der Waals surface area contributed by atoms with Gasteiger partial charge in [0.05, 0.1) is 18.6 Å². The molecule has 6 heteroatoms. The number of ether oxygens (including phenoxy) is 1. The minimum absolute atomic E-state index is 0.0488. The van der Waals surface area contributed by atoms with Crippen molar-refractivity contribution in [1.29, 1.82) is 0 Å². The van der Waals surface area contributed by atoms with Gasteiger partial charge in [-0.2, -0.15) is 0 Å². The average molecular weight is 249 g/mol. The fourth-order valence-corrected chi connectivity index (χ4v) is 3.74. The molecule has 0 aromatic heterocycles. The molecule has 0 spiro atoms. The van der Waals surface area contributed by atoms with Crippen molar-refractivity contribution in [2.75, 3.05) is 25.2 Å². The molecule has 94 valence electrons. The fraction of sp³-hybridized carbons (Fsp3) is 0.900. The smallest absolute Gasteiger partial charge is 0.327 e. The summed E-state index contributed by atoms with van der Waals surface area (Å²) in [7, 11) is -1.84. The highest BCUT2D eigenvalue weighted by Gasteiger charge is 2.48. The van der Waals surface area contributed by atoms with Crippen LogP contribution in [-0.4, -0.2) is 45.1 Å². The summed E-state index contributed by atoms with van der Waals surface area (Å²) in [6.07, 6.45) is 0.300. The van der Waals surface area contributed by atoms with Crippen LogP contribution in [0.4, 0.5) is 0 Å². The van der Waals surface area contributed by atoms with Gasteiger partial charge < -0.3 is 10.1 Å². The van der Waals surface area contributed by atoms with Crippen LogP contribution in [0, 0.1) is 5.92 Å². The highest BCUT2D eigenvalue weighted by Crippen LogP contribution is 2.25. The Bertz CT molecular complexity index is 363. The lowest BCUT2D eigenvalue weighted by Gasteiger charge is -2.26. The molecule has 1 heterocycles. The zero-order valence-corrected chi connectivity index (χ0v) is 10.8. The van der Waals surface area contributed by atoms with E-state index < -0.39 is 21.3 Å². The van der Waals surface area contributed by atoms with Crippen LogP contribution >= 0.6 is 0 Å². The molecule has 0 aromatic carbocycles. The molecule has 0 amide bonds. The van der Waals surface area contributed by atoms with Gasteiger partial charge in [-0.15, -0.1) is 0 Å². The minimum atomic E-state index is -3.12. The van der Waals surface area contributed by atoms with E-state index in [2.05, 4.69) is 5.32 Å². The molecule has 0 radical (unpaired) electrons. The van der Waals surface area contributed by atoms with Crippen LogP contribution in [-0.2, 0) is 19.4 Å². The Morgan fingerprint density at radius 3 is 2.50 bits per heavy atom. The molecule has 16 heavy (non-hydrogen) atoms. The monoisotopic (exact) mass is 249 g/mol. The third-order valence-corrected chi connectivity index (χ3v) is 4.49. The molecule has 0 aromatic rings. The third-order valence-electron chi connectivity index (χ3n) is 2.73. The van der Waals surface area contributed by atoms with Gasteiger partial charge in [-0.25, -0.2) is 8.42 Å². The molecule has 0 saturated carbocycles. The van der Waals surface area contributed by atoms with E-state index in [0.717, 1.165) is 0 Å². The van der Waals surface area contributed by atoms with Gasteiger partial charge in [-0.3, -0.25) is 4.79 Å². The molecule has 5 nitrogen and oxygen atoms in total. The van der Waals surface area contributed by atoms with Crippen molar-refractivity contribution in [2.45, 2.75) is 25.8 Å². The summed E-state index contributed by atoms with van der Waals surface area (Å²) in [4.78, 5) is 11.7. The van der Waals surface area contributed by atoms with Crippen molar-refractivity contribution in [3.05, 3.63) is 0 Å². The largest absolute Gasteiger partial charge is 0.468 e. The second-order valence-corrected chi connectivity index (χ2v) is 6.87. The summed E-state index contributed by atoms with van der Waals surface area (Å²) in [5.74, 6) is -0.230. The fourth-order valence-electron chi connectivity index (χ4n) is 1.82. The molecule has 1 aliphatic rings. The number of nitrogens with one attached hydrogen (secondary N) is 1. The maximum atomic E-state index is 11.7. The highest BCUT2D eigenvalue weighted by atomic mass is 32.2. The Morgan fingerprint density at radius 1 is 1.50 bits per heavy atom. The minimum Gasteiger partial charge on any atom is -0.468 e. The quantitative estimate of drug-likeness (QED) is 0.708. The first-order valence-corrected chi connectivity index (χ1v) is 7.17. The SMILES string of the molecule is COC(=O)C1(NCC(C)C)CCS(=O)(=O)C1. The van der Waals surface area contributed by atoms with E-state index >= 15 is 0 Å². The van der Waals surface area contributed by atoms with E-state index in [4.69, 9.17) is 4.74 Å². The molecule has 1 atom stereocenters. The zero-order chi connectivity index (χ0) is 12.4. The summed E-state index contributed by atoms with van der Waals surface area (Å²) < 4.78 is 27.6. The number of hydrogen-bond donors (Lipinski definition) is 1. The number of rotatable bonds is 4. The van der Waals surface area contributed by atoms with E-state index in [0.29, 0.717) is 18.9 Å². The molecule has 0 aliphatic carbocycles. The normalized spacial score (nSPS) is 28.2. The number of carbonyl (C=O) groups is 1. The maximum absolute atomic E-state index is 11.7. The molecule has 1 N–H and O–H groups in total. The number of esters is 1. The predicted octanol–water partition coefficient (Wildman–Crippen LogP) is -0.0377. The second kappa shape index (κ2) is 4.71. The Labute approximate surface area is 96.5 Å². The van der Waals surface area contributed by atoms with Crippen LogP contribution in [0.5, 0.6) is 0 Å². The lowest BCUT2D eigenvalue weighted by molar-refractivity contribution is -0.147. The van der Waals surface area contributed by atoms with Gasteiger partial charge in [0, 0.05) is 0 Å². The van der Waals surface area contributed by atoms with E-state index in [1.165, 1.54) is 7.11 Å². The number of sulfone groups is 1. The van der Waals surface area contributed by atoms with E-state index in [-0.39, 0.29) is 11.5 Å². The molecule has 1 aliphatic heterocycles. The first-order valence-electron chi connectivity index (χ1n) is 5.35. The van der Waals surface area contributed by atoms with Gasteiger partial charge in [0.25, 0.3) is 0 Å². The van der Waals surface area contributed by atoms with Gasteiger partial charge in [0.15, 0.2) is 9.84 Å². The Hall–Kier alpha value is -0.620. The van der Waals surface area contributed by atoms with Crippen molar-refractivity contribution in [3.8, 4) is 0 Å². The number of methoxy groups -OCH3 is 1. The topological polar surface area (TPSA) is 72.5 Å². The molecule has 1 rings (SSSR count). The molecular formula is C10H19NO4S. The van der Waals surface area contributed by atoms with Gasteiger partial charge in [-0.05, 0) is 18.9 Å². The van der Waals surface area contributed by atoms with Crippen molar-refractivity contribution < 1.29 is 17.9 Å². The first-order chi connectivity index (χ1) is 7.31. The van der Waals surface area contributed by atoms with Crippen molar-refractivity contribution in [2.24, 2.45) is 5.92 Å². The standard InChI is InChI=1S/C10H19NO4S/c1-8(2)6-11-10(9(12)15-3)4-5-16(13,14)7-10/h8,11H,4-7H2,1-3H3. The van der Waals surface area contributed by atoms with Gasteiger partial charge >= 0.3 is 5.97 Å². The van der Waals surface area contributed by atoms with Crippen molar-refractivity contribution in [1.82, 2.24) is 5.32 Å². The molecule has 0 bridgehead atoms. The van der Waals surface area contributed by atoms with Crippen molar-refractivity contribution in [3.63, 3.8) is 0 Å². The maximum Gasteiger partial charge on any atom is 0.327 e. The molecule has 1 unspecified atom stereocenters. The average Bonchev–Trinajstić information content (AvgIpc) is 2.51. The lowest BCUT2D eigenvalue weighted by atomic mass is 9.98. The molecule has 1 fully saturated rings. The summed E-state index contributed by atoms with van der Waals surface area (Å²) in [6, 6.07) is 0. The Kier molecular flexibility index (Phi) is 3.96. The van der Waals surface area contributed by atoms with Gasteiger partial charge in [0.1, 0.15) is 5.54 Å². The van der Waals surface area contributed by atoms with Crippen LogP contribution < -0.4 is 5.32 Å². The van der Waals surface area contributed by atoms with Crippen LogP contribution in [0.1, 0.15) is 20.3 Å². The van der Waals surface area contributed by atoms with Crippen LogP contribution in [0.3, 0.4) is 0 Å². The Balaban J connectivity index is 2.83. The highest BCUT2D eigenvalue weighted by molar-refractivity contribution is 7.91.